The molecule has 2 heterocycles. The second kappa shape index (κ2) is 6.24. The van der Waals surface area contributed by atoms with Crippen LogP contribution >= 0.6 is 0 Å². The largest absolute Gasteiger partial charge is 0.472 e. The lowest BCUT2D eigenvalue weighted by Crippen LogP contribution is -2.16. The van der Waals surface area contributed by atoms with Gasteiger partial charge in [-0.05, 0) is 31.9 Å². The average Bonchev–Trinajstić information content (AvgIpc) is 3.40. The molecule has 1 aliphatic heterocycles. The first-order chi connectivity index (χ1) is 11.3. The van der Waals surface area contributed by atoms with Crippen molar-refractivity contribution < 1.29 is 9.13 Å². The third-order valence-corrected chi connectivity index (χ3v) is 4.43. The quantitative estimate of drug-likeness (QED) is 0.943. The molecule has 1 aromatic carbocycles. The van der Waals surface area contributed by atoms with Crippen molar-refractivity contribution in [1.82, 2.24) is 15.3 Å². The molecule has 4 nitrogen and oxygen atoms in total. The first-order valence-corrected chi connectivity index (χ1v) is 8.28. The monoisotopic (exact) mass is 313 g/mol. The Morgan fingerprint density at radius 2 is 1.96 bits per heavy atom. The standard InChI is InChI=1S/C18H20FN3O/c19-15-4-2-1-3-13(15)11-23-18-14-7-9-20-10-8-16(14)21-17(22-18)12-5-6-12/h1-4,12,20H,5-11H2. The number of nitrogens with one attached hydrogen (secondary N) is 1. The molecule has 120 valence electrons. The van der Waals surface area contributed by atoms with Gasteiger partial charge in [0, 0.05) is 30.0 Å². The molecule has 4 rings (SSSR count). The van der Waals surface area contributed by atoms with Gasteiger partial charge in [0.1, 0.15) is 18.2 Å². The second-order valence-electron chi connectivity index (χ2n) is 6.22. The predicted molar refractivity (Wildman–Crippen MR) is 85.0 cm³/mol. The number of ether oxygens (including phenoxy) is 1. The molecule has 5 heteroatoms. The van der Waals surface area contributed by atoms with E-state index in [9.17, 15) is 4.39 Å². The van der Waals surface area contributed by atoms with Crippen molar-refractivity contribution in [3.05, 3.63) is 52.7 Å². The van der Waals surface area contributed by atoms with Crippen molar-refractivity contribution in [1.29, 1.82) is 0 Å². The van der Waals surface area contributed by atoms with Gasteiger partial charge < -0.3 is 10.1 Å². The summed E-state index contributed by atoms with van der Waals surface area (Å²) in [6.07, 6.45) is 4.06. The highest BCUT2D eigenvalue weighted by molar-refractivity contribution is 5.34. The van der Waals surface area contributed by atoms with Crippen LogP contribution in [0.1, 0.15) is 41.4 Å². The van der Waals surface area contributed by atoms with Gasteiger partial charge >= 0.3 is 0 Å². The number of hydrogen-bond donors (Lipinski definition) is 1. The molecule has 1 fully saturated rings. The smallest absolute Gasteiger partial charge is 0.220 e. The highest BCUT2D eigenvalue weighted by Gasteiger charge is 2.29. The maximum absolute atomic E-state index is 13.8. The summed E-state index contributed by atoms with van der Waals surface area (Å²) in [5.74, 6) is 1.78. The summed E-state index contributed by atoms with van der Waals surface area (Å²) in [6.45, 7) is 2.03. The average molecular weight is 313 g/mol. The van der Waals surface area contributed by atoms with Crippen molar-refractivity contribution in [2.45, 2.75) is 38.2 Å². The molecule has 1 aliphatic carbocycles. The Morgan fingerprint density at radius 1 is 1.13 bits per heavy atom. The molecule has 0 radical (unpaired) electrons. The summed E-state index contributed by atoms with van der Waals surface area (Å²) in [4.78, 5) is 9.41. The molecule has 0 amide bonds. The van der Waals surface area contributed by atoms with Gasteiger partial charge in [0.15, 0.2) is 0 Å². The molecular weight excluding hydrogens is 293 g/mol. The van der Waals surface area contributed by atoms with Gasteiger partial charge in [-0.2, -0.15) is 4.98 Å². The fourth-order valence-electron chi connectivity index (χ4n) is 2.93. The first kappa shape index (κ1) is 14.6. The number of halogens is 1. The van der Waals surface area contributed by atoms with E-state index < -0.39 is 0 Å². The summed E-state index contributed by atoms with van der Waals surface area (Å²) in [6, 6.07) is 6.71. The normalized spacial score (nSPS) is 17.4. The fraction of sp³-hybridized carbons (Fsp3) is 0.444. The second-order valence-corrected chi connectivity index (χ2v) is 6.22. The summed E-state index contributed by atoms with van der Waals surface area (Å²) in [5.41, 5.74) is 2.73. The van der Waals surface area contributed by atoms with Crippen LogP contribution in [0.25, 0.3) is 0 Å². The molecule has 2 aromatic rings. The van der Waals surface area contributed by atoms with E-state index in [2.05, 4.69) is 10.3 Å². The summed E-state index contributed by atoms with van der Waals surface area (Å²) >= 11 is 0. The van der Waals surface area contributed by atoms with E-state index in [0.29, 0.717) is 17.4 Å². The van der Waals surface area contributed by atoms with Crippen LogP contribution in [0, 0.1) is 5.82 Å². The lowest BCUT2D eigenvalue weighted by Gasteiger charge is -2.14. The Labute approximate surface area is 135 Å². The fourth-order valence-corrected chi connectivity index (χ4v) is 2.93. The molecule has 1 N–H and O–H groups in total. The van der Waals surface area contributed by atoms with Gasteiger partial charge in [-0.25, -0.2) is 9.37 Å². The van der Waals surface area contributed by atoms with Crippen LogP contribution in [0.3, 0.4) is 0 Å². The van der Waals surface area contributed by atoms with E-state index in [0.717, 1.165) is 55.9 Å². The third-order valence-electron chi connectivity index (χ3n) is 4.43. The predicted octanol–water partition coefficient (Wildman–Crippen LogP) is 2.76. The van der Waals surface area contributed by atoms with Crippen LogP contribution in [-0.4, -0.2) is 23.1 Å². The van der Waals surface area contributed by atoms with Gasteiger partial charge in [-0.1, -0.05) is 18.2 Å². The van der Waals surface area contributed by atoms with Crippen LogP contribution < -0.4 is 10.1 Å². The zero-order valence-electron chi connectivity index (χ0n) is 13.0. The number of fused-ring (bicyclic) bond motifs is 1. The topological polar surface area (TPSA) is 47.0 Å². The highest BCUT2D eigenvalue weighted by atomic mass is 19.1. The molecule has 1 aromatic heterocycles. The molecule has 1 saturated carbocycles. The van der Waals surface area contributed by atoms with Gasteiger partial charge in [0.05, 0.1) is 5.69 Å². The van der Waals surface area contributed by atoms with E-state index in [1.54, 1.807) is 12.1 Å². The van der Waals surface area contributed by atoms with Crippen LogP contribution in [-0.2, 0) is 19.4 Å². The number of benzene rings is 1. The van der Waals surface area contributed by atoms with Crippen LogP contribution in [0.15, 0.2) is 24.3 Å². The Bertz CT molecular complexity index is 715. The van der Waals surface area contributed by atoms with Crippen LogP contribution in [0.4, 0.5) is 4.39 Å². The van der Waals surface area contributed by atoms with E-state index >= 15 is 0 Å². The minimum absolute atomic E-state index is 0.202. The van der Waals surface area contributed by atoms with Crippen molar-refractivity contribution >= 4 is 0 Å². The first-order valence-electron chi connectivity index (χ1n) is 8.28. The van der Waals surface area contributed by atoms with Crippen molar-refractivity contribution in [3.8, 4) is 5.88 Å². The lowest BCUT2D eigenvalue weighted by atomic mass is 10.1. The molecule has 2 aliphatic rings. The van der Waals surface area contributed by atoms with Crippen molar-refractivity contribution in [2.75, 3.05) is 13.1 Å². The molecule has 0 unspecified atom stereocenters. The van der Waals surface area contributed by atoms with E-state index in [1.165, 1.54) is 6.07 Å². The zero-order chi connectivity index (χ0) is 15.6. The number of rotatable bonds is 4. The molecule has 0 saturated heterocycles. The molecule has 0 bridgehead atoms. The summed E-state index contributed by atoms with van der Waals surface area (Å²) in [5, 5.41) is 3.39. The Kier molecular flexibility index (Phi) is 3.95. The zero-order valence-corrected chi connectivity index (χ0v) is 13.0. The summed E-state index contributed by atoms with van der Waals surface area (Å²) < 4.78 is 19.7. The Hall–Kier alpha value is -2.01. The van der Waals surface area contributed by atoms with Crippen molar-refractivity contribution in [2.24, 2.45) is 0 Å². The molecule has 0 spiro atoms. The van der Waals surface area contributed by atoms with E-state index in [-0.39, 0.29) is 12.4 Å². The molecule has 23 heavy (non-hydrogen) atoms. The number of aromatic nitrogens is 2. The van der Waals surface area contributed by atoms with Gasteiger partial charge in [0.2, 0.25) is 5.88 Å². The Morgan fingerprint density at radius 3 is 2.78 bits per heavy atom. The van der Waals surface area contributed by atoms with Gasteiger partial charge in [-0.15, -0.1) is 0 Å². The maximum atomic E-state index is 13.8. The van der Waals surface area contributed by atoms with Crippen LogP contribution in [0.2, 0.25) is 0 Å². The van der Waals surface area contributed by atoms with Gasteiger partial charge in [-0.3, -0.25) is 0 Å². The highest BCUT2D eigenvalue weighted by Crippen LogP contribution is 2.39. The SMILES string of the molecule is Fc1ccccc1COc1nc(C2CC2)nc2c1CCNCC2. The third kappa shape index (κ3) is 3.20. The van der Waals surface area contributed by atoms with E-state index in [4.69, 9.17) is 9.72 Å². The summed E-state index contributed by atoms with van der Waals surface area (Å²) in [7, 11) is 0. The Balaban J connectivity index is 1.63. The minimum atomic E-state index is -0.239. The molecular formula is C18H20FN3O. The number of nitrogens with zero attached hydrogens (tertiary/aromatic N) is 2. The lowest BCUT2D eigenvalue weighted by molar-refractivity contribution is 0.282. The minimum Gasteiger partial charge on any atom is -0.472 e. The van der Waals surface area contributed by atoms with E-state index in [1.807, 2.05) is 6.07 Å². The number of hydrogen-bond acceptors (Lipinski definition) is 4. The maximum Gasteiger partial charge on any atom is 0.220 e. The van der Waals surface area contributed by atoms with Crippen molar-refractivity contribution in [3.63, 3.8) is 0 Å². The van der Waals surface area contributed by atoms with Gasteiger partial charge in [0.25, 0.3) is 0 Å². The van der Waals surface area contributed by atoms with Crippen LogP contribution in [0.5, 0.6) is 5.88 Å². The molecule has 0 atom stereocenters.